The first kappa shape index (κ1) is 13.7. The van der Waals surface area contributed by atoms with Crippen LogP contribution in [0.5, 0.6) is 0 Å². The molecule has 2 unspecified atom stereocenters. The van der Waals surface area contributed by atoms with Crippen molar-refractivity contribution in [2.45, 2.75) is 31.7 Å². The molecule has 0 bridgehead atoms. The third-order valence-electron chi connectivity index (χ3n) is 4.42. The SMILES string of the molecule is CNC1CCC(c2ccc(Cl)c(C)c2)c2ccccc21. The molecule has 0 aromatic heterocycles. The first-order chi connectivity index (χ1) is 9.70. The van der Waals surface area contributed by atoms with Gasteiger partial charge in [-0.05, 0) is 55.1 Å². The van der Waals surface area contributed by atoms with Crippen molar-refractivity contribution in [3.63, 3.8) is 0 Å². The maximum absolute atomic E-state index is 6.16. The lowest BCUT2D eigenvalue weighted by Gasteiger charge is -2.32. The van der Waals surface area contributed by atoms with Crippen LogP contribution in [0.15, 0.2) is 42.5 Å². The molecule has 1 aliphatic rings. The van der Waals surface area contributed by atoms with Crippen LogP contribution in [-0.2, 0) is 0 Å². The summed E-state index contributed by atoms with van der Waals surface area (Å²) in [5.41, 5.74) is 5.45. The number of aryl methyl sites for hydroxylation is 1. The number of hydrogen-bond acceptors (Lipinski definition) is 1. The van der Waals surface area contributed by atoms with E-state index in [1.54, 1.807) is 0 Å². The molecule has 0 radical (unpaired) electrons. The highest BCUT2D eigenvalue weighted by Gasteiger charge is 2.27. The molecular formula is C18H20ClN. The number of rotatable bonds is 2. The van der Waals surface area contributed by atoms with Crippen molar-refractivity contribution in [2.24, 2.45) is 0 Å². The van der Waals surface area contributed by atoms with Crippen molar-refractivity contribution in [1.29, 1.82) is 0 Å². The van der Waals surface area contributed by atoms with Crippen LogP contribution >= 0.6 is 11.6 Å². The lowest BCUT2D eigenvalue weighted by Crippen LogP contribution is -2.24. The molecule has 0 amide bonds. The smallest absolute Gasteiger partial charge is 0.0435 e. The van der Waals surface area contributed by atoms with Crippen LogP contribution in [0.4, 0.5) is 0 Å². The molecular weight excluding hydrogens is 266 g/mol. The van der Waals surface area contributed by atoms with Crippen molar-refractivity contribution < 1.29 is 0 Å². The Morgan fingerprint density at radius 2 is 1.80 bits per heavy atom. The second kappa shape index (κ2) is 5.59. The monoisotopic (exact) mass is 285 g/mol. The minimum Gasteiger partial charge on any atom is -0.313 e. The van der Waals surface area contributed by atoms with Crippen LogP contribution in [-0.4, -0.2) is 7.05 Å². The Balaban J connectivity index is 2.05. The normalized spacial score (nSPS) is 21.6. The number of fused-ring (bicyclic) bond motifs is 1. The first-order valence-electron chi connectivity index (χ1n) is 7.23. The predicted octanol–water partition coefficient (Wildman–Crippen LogP) is 4.83. The van der Waals surface area contributed by atoms with Gasteiger partial charge in [-0.2, -0.15) is 0 Å². The molecule has 1 N–H and O–H groups in total. The van der Waals surface area contributed by atoms with E-state index in [4.69, 9.17) is 11.6 Å². The molecule has 2 atom stereocenters. The second-order valence-electron chi connectivity index (χ2n) is 5.61. The van der Waals surface area contributed by atoms with Crippen LogP contribution in [0, 0.1) is 6.92 Å². The van der Waals surface area contributed by atoms with E-state index >= 15 is 0 Å². The standard InChI is InChI=1S/C18H20ClN/c1-12-11-13(7-9-17(12)19)14-8-10-18(20-2)16-6-4-3-5-15(14)16/h3-7,9,11,14,18,20H,8,10H2,1-2H3. The van der Waals surface area contributed by atoms with Crippen molar-refractivity contribution in [3.05, 3.63) is 69.7 Å². The Morgan fingerprint density at radius 1 is 1.05 bits per heavy atom. The number of hydrogen-bond donors (Lipinski definition) is 1. The molecule has 20 heavy (non-hydrogen) atoms. The topological polar surface area (TPSA) is 12.0 Å². The largest absolute Gasteiger partial charge is 0.313 e. The van der Waals surface area contributed by atoms with E-state index in [0.29, 0.717) is 12.0 Å². The van der Waals surface area contributed by atoms with Crippen molar-refractivity contribution in [3.8, 4) is 0 Å². The molecule has 3 rings (SSSR count). The molecule has 1 nitrogen and oxygen atoms in total. The molecule has 0 saturated carbocycles. The zero-order valence-electron chi connectivity index (χ0n) is 12.0. The minimum atomic E-state index is 0.482. The van der Waals surface area contributed by atoms with Gasteiger partial charge in [-0.15, -0.1) is 0 Å². The molecule has 0 aliphatic heterocycles. The van der Waals surface area contributed by atoms with Gasteiger partial charge in [0.25, 0.3) is 0 Å². The second-order valence-corrected chi connectivity index (χ2v) is 6.02. The quantitative estimate of drug-likeness (QED) is 0.833. The van der Waals surface area contributed by atoms with E-state index in [2.05, 4.69) is 48.6 Å². The van der Waals surface area contributed by atoms with Gasteiger partial charge >= 0.3 is 0 Å². The summed E-state index contributed by atoms with van der Waals surface area (Å²) in [5, 5.41) is 4.28. The highest BCUT2D eigenvalue weighted by Crippen LogP contribution is 2.41. The molecule has 2 aromatic carbocycles. The summed E-state index contributed by atoms with van der Waals surface area (Å²) < 4.78 is 0. The van der Waals surface area contributed by atoms with Crippen molar-refractivity contribution in [1.82, 2.24) is 5.32 Å². The molecule has 104 valence electrons. The van der Waals surface area contributed by atoms with Gasteiger partial charge in [0.15, 0.2) is 0 Å². The summed E-state index contributed by atoms with van der Waals surface area (Å²) in [6.45, 7) is 2.08. The molecule has 0 spiro atoms. The summed E-state index contributed by atoms with van der Waals surface area (Å²) >= 11 is 6.16. The Labute approximate surface area is 126 Å². The average Bonchev–Trinajstić information content (AvgIpc) is 2.49. The lowest BCUT2D eigenvalue weighted by atomic mass is 9.76. The molecule has 0 saturated heterocycles. The number of benzene rings is 2. The van der Waals surface area contributed by atoms with Crippen LogP contribution < -0.4 is 5.32 Å². The minimum absolute atomic E-state index is 0.482. The first-order valence-corrected chi connectivity index (χ1v) is 7.60. The Morgan fingerprint density at radius 3 is 2.50 bits per heavy atom. The fourth-order valence-corrected chi connectivity index (χ4v) is 3.44. The molecule has 2 heteroatoms. The van der Waals surface area contributed by atoms with Crippen molar-refractivity contribution in [2.75, 3.05) is 7.05 Å². The summed E-state index contributed by atoms with van der Waals surface area (Å²) in [5.74, 6) is 0.492. The third kappa shape index (κ3) is 2.36. The van der Waals surface area contributed by atoms with Gasteiger partial charge in [0.05, 0.1) is 0 Å². The Hall–Kier alpha value is -1.31. The summed E-state index contributed by atoms with van der Waals surface area (Å²) in [6, 6.07) is 15.7. The highest BCUT2D eigenvalue weighted by molar-refractivity contribution is 6.31. The average molecular weight is 286 g/mol. The van der Waals surface area contributed by atoms with Gasteiger partial charge in [0.1, 0.15) is 0 Å². The zero-order chi connectivity index (χ0) is 14.1. The molecule has 2 aromatic rings. The van der Waals surface area contributed by atoms with Crippen molar-refractivity contribution >= 4 is 11.6 Å². The van der Waals surface area contributed by atoms with Gasteiger partial charge in [-0.25, -0.2) is 0 Å². The summed E-state index contributed by atoms with van der Waals surface area (Å²) in [4.78, 5) is 0. The predicted molar refractivity (Wildman–Crippen MR) is 85.5 cm³/mol. The van der Waals surface area contributed by atoms with E-state index in [-0.39, 0.29) is 0 Å². The van der Waals surface area contributed by atoms with E-state index in [9.17, 15) is 0 Å². The van der Waals surface area contributed by atoms with Gasteiger partial charge in [-0.3, -0.25) is 0 Å². The Kier molecular flexibility index (Phi) is 3.82. The third-order valence-corrected chi connectivity index (χ3v) is 4.85. The zero-order valence-corrected chi connectivity index (χ0v) is 12.7. The Bertz CT molecular complexity index is 621. The van der Waals surface area contributed by atoms with Gasteiger partial charge in [-0.1, -0.05) is 48.0 Å². The lowest BCUT2D eigenvalue weighted by molar-refractivity contribution is 0.471. The van der Waals surface area contributed by atoms with Gasteiger partial charge in [0, 0.05) is 17.0 Å². The fourth-order valence-electron chi connectivity index (χ4n) is 3.32. The highest BCUT2D eigenvalue weighted by atomic mass is 35.5. The van der Waals surface area contributed by atoms with Crippen LogP contribution in [0.2, 0.25) is 5.02 Å². The summed E-state index contributed by atoms with van der Waals surface area (Å²) in [7, 11) is 2.05. The maximum Gasteiger partial charge on any atom is 0.0435 e. The van der Waals surface area contributed by atoms with Gasteiger partial charge in [0.2, 0.25) is 0 Å². The van der Waals surface area contributed by atoms with Crippen LogP contribution in [0.3, 0.4) is 0 Å². The fraction of sp³-hybridized carbons (Fsp3) is 0.333. The summed E-state index contributed by atoms with van der Waals surface area (Å²) in [6.07, 6.45) is 2.36. The van der Waals surface area contributed by atoms with E-state index in [1.165, 1.54) is 29.5 Å². The molecule has 0 heterocycles. The number of halogens is 1. The van der Waals surface area contributed by atoms with Crippen LogP contribution in [0.1, 0.15) is 47.1 Å². The van der Waals surface area contributed by atoms with Crippen LogP contribution in [0.25, 0.3) is 0 Å². The molecule has 1 aliphatic carbocycles. The number of nitrogens with one attached hydrogen (secondary N) is 1. The van der Waals surface area contributed by atoms with Gasteiger partial charge < -0.3 is 5.32 Å². The van der Waals surface area contributed by atoms with E-state index in [0.717, 1.165) is 10.6 Å². The van der Waals surface area contributed by atoms with E-state index < -0.39 is 0 Å². The van der Waals surface area contributed by atoms with E-state index in [1.807, 2.05) is 13.1 Å². The molecule has 0 fully saturated rings. The maximum atomic E-state index is 6.16.